The maximum atomic E-state index is 12.3. The zero-order chi connectivity index (χ0) is 28.0. The van der Waals surface area contributed by atoms with Crippen LogP contribution in [0.2, 0.25) is 0 Å². The zero-order valence-electron chi connectivity index (χ0n) is 23.6. The number of carbonyl (C=O) groups excluding carboxylic acids is 2. The molecule has 0 bridgehead atoms. The lowest BCUT2D eigenvalue weighted by Gasteiger charge is -2.17. The van der Waals surface area contributed by atoms with Gasteiger partial charge in [0.25, 0.3) is 0 Å². The van der Waals surface area contributed by atoms with Crippen LogP contribution in [-0.2, 0) is 27.5 Å². The van der Waals surface area contributed by atoms with E-state index in [0.717, 1.165) is 47.5 Å². The number of aromatic nitrogens is 2. The van der Waals surface area contributed by atoms with Crippen LogP contribution in [0.25, 0.3) is 16.6 Å². The van der Waals surface area contributed by atoms with Crippen LogP contribution in [0.5, 0.6) is 0 Å². The molecule has 2 unspecified atom stereocenters. The molecule has 2 atom stereocenters. The fourth-order valence-electron chi connectivity index (χ4n) is 5.07. The molecule has 8 nitrogen and oxygen atoms in total. The highest BCUT2D eigenvalue weighted by atomic mass is 16.4. The molecule has 0 radical (unpaired) electrons. The number of benzene rings is 1. The predicted molar refractivity (Wildman–Crippen MR) is 151 cm³/mol. The molecule has 2 aromatic rings. The highest BCUT2D eigenvalue weighted by Gasteiger charge is 2.26. The summed E-state index contributed by atoms with van der Waals surface area (Å²) in [5.41, 5.74) is 4.34. The number of nitrogens with zero attached hydrogens (tertiary/aromatic N) is 3. The van der Waals surface area contributed by atoms with E-state index in [1.54, 1.807) is 6.92 Å². The van der Waals surface area contributed by atoms with Crippen LogP contribution in [0.3, 0.4) is 0 Å². The van der Waals surface area contributed by atoms with Gasteiger partial charge in [0.1, 0.15) is 11.9 Å². The first kappa shape index (κ1) is 29.3. The van der Waals surface area contributed by atoms with Gasteiger partial charge >= 0.3 is 5.97 Å². The first-order chi connectivity index (χ1) is 18.0. The fraction of sp³-hybridized carbons (Fsp3) is 0.533. The van der Waals surface area contributed by atoms with E-state index in [0.29, 0.717) is 37.4 Å². The van der Waals surface area contributed by atoms with Crippen molar-refractivity contribution in [1.82, 2.24) is 19.8 Å². The lowest BCUT2D eigenvalue weighted by atomic mass is 10.0. The summed E-state index contributed by atoms with van der Waals surface area (Å²) >= 11 is 0. The van der Waals surface area contributed by atoms with E-state index in [1.165, 1.54) is 0 Å². The molecular formula is C30H42N4O4. The Balaban J connectivity index is 1.98. The second-order valence-corrected chi connectivity index (χ2v) is 10.7. The summed E-state index contributed by atoms with van der Waals surface area (Å²) in [5, 5.41) is 12.8. The van der Waals surface area contributed by atoms with Crippen molar-refractivity contribution >= 4 is 34.3 Å². The van der Waals surface area contributed by atoms with Crippen LogP contribution >= 0.6 is 0 Å². The van der Waals surface area contributed by atoms with Crippen molar-refractivity contribution in [3.05, 3.63) is 47.3 Å². The second-order valence-electron chi connectivity index (χ2n) is 10.7. The van der Waals surface area contributed by atoms with Gasteiger partial charge in [0.05, 0.1) is 11.0 Å². The smallest absolute Gasteiger partial charge is 0.320 e. The Morgan fingerprint density at radius 3 is 2.55 bits per heavy atom. The minimum Gasteiger partial charge on any atom is -0.480 e. The van der Waals surface area contributed by atoms with Crippen molar-refractivity contribution in [2.24, 2.45) is 11.8 Å². The minimum absolute atomic E-state index is 0.0997. The largest absolute Gasteiger partial charge is 0.480 e. The van der Waals surface area contributed by atoms with E-state index < -0.39 is 12.0 Å². The zero-order valence-corrected chi connectivity index (χ0v) is 23.6. The Kier molecular flexibility index (Phi) is 10.0. The Hall–Kier alpha value is -3.26. The van der Waals surface area contributed by atoms with Crippen LogP contribution < -0.4 is 5.32 Å². The molecule has 0 saturated carbocycles. The molecule has 38 heavy (non-hydrogen) atoms. The normalized spacial score (nSPS) is 17.4. The molecule has 206 valence electrons. The molecule has 1 amide bonds. The minimum atomic E-state index is -0.844. The first-order valence-electron chi connectivity index (χ1n) is 13.6. The highest BCUT2D eigenvalue weighted by Crippen LogP contribution is 2.28. The van der Waals surface area contributed by atoms with E-state index in [4.69, 9.17) is 4.98 Å². The molecule has 3 rings (SSSR count). The van der Waals surface area contributed by atoms with Gasteiger partial charge in [0.15, 0.2) is 5.78 Å². The molecule has 8 heteroatoms. The molecule has 1 aromatic heterocycles. The summed E-state index contributed by atoms with van der Waals surface area (Å²) < 4.78 is 2.20. The molecule has 1 saturated heterocycles. The number of hydrogen-bond donors (Lipinski definition) is 2. The van der Waals surface area contributed by atoms with Gasteiger partial charge in [0.2, 0.25) is 5.91 Å². The lowest BCUT2D eigenvalue weighted by molar-refractivity contribution is -0.140. The maximum Gasteiger partial charge on any atom is 0.320 e. The number of carboxylic acid groups (broad SMARTS) is 1. The van der Waals surface area contributed by atoms with Crippen molar-refractivity contribution in [2.75, 3.05) is 13.1 Å². The monoisotopic (exact) mass is 522 g/mol. The molecule has 2 N–H and O–H groups in total. The van der Waals surface area contributed by atoms with Crippen LogP contribution in [0.15, 0.2) is 35.9 Å². The van der Waals surface area contributed by atoms with Gasteiger partial charge in [-0.05, 0) is 67.9 Å². The van der Waals surface area contributed by atoms with E-state index >= 15 is 0 Å². The van der Waals surface area contributed by atoms with Crippen LogP contribution in [0, 0.1) is 11.8 Å². The average Bonchev–Trinajstić information content (AvgIpc) is 3.49. The van der Waals surface area contributed by atoms with E-state index in [-0.39, 0.29) is 17.6 Å². The molecular weight excluding hydrogens is 480 g/mol. The fourth-order valence-corrected chi connectivity index (χ4v) is 5.07. The number of likely N-dealkylation sites (tertiary alicyclic amines) is 1. The van der Waals surface area contributed by atoms with Gasteiger partial charge in [-0.25, -0.2) is 4.98 Å². The van der Waals surface area contributed by atoms with Crippen LogP contribution in [-0.4, -0.2) is 56.3 Å². The molecule has 1 aliphatic heterocycles. The average molecular weight is 523 g/mol. The van der Waals surface area contributed by atoms with Crippen molar-refractivity contribution in [3.63, 3.8) is 0 Å². The standard InChI is InChI=1S/C30H42N4O4/c1-7-24(14-20(5)28(36)8-2)29-32-25-15-22(16-31-26(30(37)38)13-19(3)4)9-10-27(25)34(29)18-23-11-12-33(17-23)21(6)35/h7,9-10,14-15,19,23,26,31H,8,11-13,16-18H2,1-6H3,(H,37,38)/b20-14-,24-7+. The molecule has 1 aromatic carbocycles. The number of ketones is 1. The van der Waals surface area contributed by atoms with E-state index in [2.05, 4.69) is 9.88 Å². The molecule has 0 aliphatic carbocycles. The molecule has 1 fully saturated rings. The number of nitrogens with one attached hydrogen (secondary N) is 1. The predicted octanol–water partition coefficient (Wildman–Crippen LogP) is 4.82. The third-order valence-electron chi connectivity index (χ3n) is 7.24. The van der Waals surface area contributed by atoms with Crippen LogP contribution in [0.1, 0.15) is 72.2 Å². The molecule has 0 spiro atoms. The quantitative estimate of drug-likeness (QED) is 0.306. The number of carbonyl (C=O) groups is 3. The Bertz CT molecular complexity index is 1240. The Morgan fingerprint density at radius 1 is 1.24 bits per heavy atom. The topological polar surface area (TPSA) is 105 Å². The number of hydrogen-bond acceptors (Lipinski definition) is 5. The van der Waals surface area contributed by atoms with E-state index in [9.17, 15) is 19.5 Å². The van der Waals surface area contributed by atoms with Gasteiger partial charge in [-0.2, -0.15) is 0 Å². The van der Waals surface area contributed by atoms with Gasteiger partial charge < -0.3 is 19.9 Å². The second kappa shape index (κ2) is 13.0. The third kappa shape index (κ3) is 7.19. The van der Waals surface area contributed by atoms with Gasteiger partial charge in [-0.3, -0.25) is 14.4 Å². The summed E-state index contributed by atoms with van der Waals surface area (Å²) in [6.45, 7) is 13.9. The lowest BCUT2D eigenvalue weighted by Crippen LogP contribution is -2.37. The summed E-state index contributed by atoms with van der Waals surface area (Å²) in [6.07, 6.45) is 5.82. The number of Topliss-reactive ketones (excluding diaryl/α,β-unsaturated/α-hetero) is 1. The third-order valence-corrected chi connectivity index (χ3v) is 7.24. The van der Waals surface area contributed by atoms with Crippen molar-refractivity contribution in [3.8, 4) is 0 Å². The number of rotatable bonds is 12. The summed E-state index contributed by atoms with van der Waals surface area (Å²) in [7, 11) is 0. The van der Waals surface area contributed by atoms with Crippen molar-refractivity contribution in [1.29, 1.82) is 0 Å². The molecule has 1 aliphatic rings. The number of allylic oxidation sites excluding steroid dienone is 4. The van der Waals surface area contributed by atoms with Crippen molar-refractivity contribution in [2.45, 2.75) is 79.9 Å². The number of fused-ring (bicyclic) bond motifs is 1. The maximum absolute atomic E-state index is 12.3. The highest BCUT2D eigenvalue weighted by molar-refractivity contribution is 5.97. The number of carboxylic acids is 1. The first-order valence-corrected chi connectivity index (χ1v) is 13.6. The van der Waals surface area contributed by atoms with Gasteiger partial charge in [0, 0.05) is 45.1 Å². The van der Waals surface area contributed by atoms with Gasteiger partial charge in [-0.1, -0.05) is 32.9 Å². The Morgan fingerprint density at radius 2 is 1.97 bits per heavy atom. The van der Waals surface area contributed by atoms with E-state index in [1.807, 2.05) is 69.9 Å². The SMILES string of the molecule is C/C=C(\C=C(\C)C(=O)CC)c1nc2cc(CNC(CC(C)C)C(=O)O)ccc2n1CC1CCN(C(C)=O)C1. The summed E-state index contributed by atoms with van der Waals surface area (Å²) in [5.74, 6) is 0.730. The van der Waals surface area contributed by atoms with Crippen LogP contribution in [0.4, 0.5) is 0 Å². The van der Waals surface area contributed by atoms with Gasteiger partial charge in [-0.15, -0.1) is 0 Å². The molecule has 2 heterocycles. The summed E-state index contributed by atoms with van der Waals surface area (Å²) in [6, 6.07) is 5.46. The number of aliphatic carboxylic acids is 1. The Labute approximate surface area is 225 Å². The van der Waals surface area contributed by atoms with Crippen molar-refractivity contribution < 1.29 is 19.5 Å². The number of amides is 1. The summed E-state index contributed by atoms with van der Waals surface area (Å²) in [4.78, 5) is 42.8. The number of imidazole rings is 1.